The van der Waals surface area contributed by atoms with Gasteiger partial charge in [-0.05, 0) is 31.4 Å². The first-order valence-electron chi connectivity index (χ1n) is 8.67. The smallest absolute Gasteiger partial charge is 0.257 e. The number of rotatable bonds is 7. The van der Waals surface area contributed by atoms with Crippen LogP contribution in [0.15, 0.2) is 24.3 Å². The fraction of sp³-hybridized carbons (Fsp3) is 0.444. The Morgan fingerprint density at radius 2 is 2.00 bits per heavy atom. The third kappa shape index (κ3) is 3.33. The van der Waals surface area contributed by atoms with Gasteiger partial charge in [0.25, 0.3) is 5.88 Å². The Labute approximate surface area is 162 Å². The summed E-state index contributed by atoms with van der Waals surface area (Å²) in [5, 5.41) is 17.1. The van der Waals surface area contributed by atoms with Crippen molar-refractivity contribution in [2.24, 2.45) is 10.8 Å². The summed E-state index contributed by atoms with van der Waals surface area (Å²) in [7, 11) is -2.13. The molecule has 3 aliphatic rings. The van der Waals surface area contributed by atoms with Crippen molar-refractivity contribution in [3.63, 3.8) is 0 Å². The molecule has 0 saturated heterocycles. The highest BCUT2D eigenvalue weighted by Crippen LogP contribution is 2.72. The lowest BCUT2D eigenvalue weighted by atomic mass is 9.36. The van der Waals surface area contributed by atoms with Crippen LogP contribution in [0.4, 0.5) is 5.69 Å². The van der Waals surface area contributed by atoms with Crippen LogP contribution in [-0.2, 0) is 10.0 Å². The van der Waals surface area contributed by atoms with Gasteiger partial charge < -0.3 is 9.47 Å². The first-order valence-corrected chi connectivity index (χ1v) is 10.6. The second-order valence-corrected chi connectivity index (χ2v) is 9.35. The predicted molar refractivity (Wildman–Crippen MR) is 100 cm³/mol. The van der Waals surface area contributed by atoms with Gasteiger partial charge >= 0.3 is 0 Å². The number of anilines is 1. The minimum atomic E-state index is -3.51. The molecule has 146 valence electrons. The van der Waals surface area contributed by atoms with E-state index in [1.54, 1.807) is 18.2 Å². The molecule has 0 aromatic carbocycles. The van der Waals surface area contributed by atoms with E-state index in [1.165, 1.54) is 13.2 Å². The molecule has 28 heavy (non-hydrogen) atoms. The summed E-state index contributed by atoms with van der Waals surface area (Å²) >= 11 is 0. The van der Waals surface area contributed by atoms with E-state index >= 15 is 0 Å². The maximum Gasteiger partial charge on any atom is 0.257 e. The van der Waals surface area contributed by atoms with Crippen LogP contribution in [0.2, 0.25) is 0 Å². The highest BCUT2D eigenvalue weighted by atomic mass is 32.2. The van der Waals surface area contributed by atoms with Crippen molar-refractivity contribution >= 4 is 15.7 Å². The highest BCUT2D eigenvalue weighted by Gasteiger charge is 2.68. The van der Waals surface area contributed by atoms with Crippen molar-refractivity contribution in [2.45, 2.75) is 19.3 Å². The molecule has 1 N–H and O–H groups in total. The van der Waals surface area contributed by atoms with E-state index in [1.807, 2.05) is 0 Å². The van der Waals surface area contributed by atoms with Gasteiger partial charge in [0, 0.05) is 11.5 Å². The zero-order valence-electron chi connectivity index (χ0n) is 15.5. The number of sulfonamides is 1. The number of pyridine rings is 1. The topological polar surface area (TPSA) is 127 Å². The van der Waals surface area contributed by atoms with Crippen LogP contribution in [0.1, 0.15) is 19.3 Å². The van der Waals surface area contributed by atoms with E-state index in [9.17, 15) is 8.42 Å². The molecule has 3 fully saturated rings. The fourth-order valence-corrected chi connectivity index (χ4v) is 4.61. The van der Waals surface area contributed by atoms with Crippen molar-refractivity contribution in [3.05, 3.63) is 24.3 Å². The van der Waals surface area contributed by atoms with Crippen molar-refractivity contribution < 1.29 is 17.9 Å². The second kappa shape index (κ2) is 6.31. The average Bonchev–Trinajstić information content (AvgIpc) is 2.58. The van der Waals surface area contributed by atoms with Gasteiger partial charge in [-0.25, -0.2) is 13.4 Å². The average molecular weight is 401 g/mol. The van der Waals surface area contributed by atoms with Crippen molar-refractivity contribution in [3.8, 4) is 29.2 Å². The van der Waals surface area contributed by atoms with Crippen molar-refractivity contribution in [2.75, 3.05) is 24.7 Å². The molecule has 0 atom stereocenters. The number of ether oxygens (including phenoxy) is 2. The molecular formula is C18H19N5O4S. The predicted octanol–water partition coefficient (Wildman–Crippen LogP) is 1.99. The number of methoxy groups -OCH3 is 1. The molecule has 3 aliphatic carbocycles. The zero-order chi connectivity index (χ0) is 20.0. The van der Waals surface area contributed by atoms with Crippen LogP contribution in [0.3, 0.4) is 0 Å². The Bertz CT molecular complexity index is 1060. The van der Waals surface area contributed by atoms with Crippen LogP contribution in [0.25, 0.3) is 11.4 Å². The van der Waals surface area contributed by atoms with Gasteiger partial charge in [0.05, 0.1) is 37.2 Å². The lowest BCUT2D eigenvalue weighted by Crippen LogP contribution is -2.63. The molecule has 5 rings (SSSR count). The highest BCUT2D eigenvalue weighted by molar-refractivity contribution is 7.92. The minimum absolute atomic E-state index is 0.0663. The number of nitrogens with one attached hydrogen (secondary N) is 1. The summed E-state index contributed by atoms with van der Waals surface area (Å²) < 4.78 is 36.4. The third-order valence-electron chi connectivity index (χ3n) is 5.14. The quantitative estimate of drug-likeness (QED) is 0.746. The summed E-state index contributed by atoms with van der Waals surface area (Å²) in [6, 6.07) is 9.16. The summed E-state index contributed by atoms with van der Waals surface area (Å²) in [6.45, 7) is 0.530. The zero-order valence-corrected chi connectivity index (χ0v) is 16.3. The number of hydrogen-bond acceptors (Lipinski definition) is 8. The second-order valence-electron chi connectivity index (χ2n) is 7.60. The van der Waals surface area contributed by atoms with Crippen LogP contribution >= 0.6 is 0 Å². The van der Waals surface area contributed by atoms with Gasteiger partial charge in [0.1, 0.15) is 11.4 Å². The number of nitriles is 1. The van der Waals surface area contributed by atoms with Gasteiger partial charge in [0.2, 0.25) is 15.9 Å². The number of nitrogens with zero attached hydrogens (tertiary/aromatic N) is 4. The lowest BCUT2D eigenvalue weighted by molar-refractivity contribution is -0.182. The molecule has 0 amide bonds. The summed E-state index contributed by atoms with van der Waals surface area (Å²) in [4.78, 5) is 4.44. The van der Waals surface area contributed by atoms with Gasteiger partial charge in [-0.2, -0.15) is 5.26 Å². The maximum atomic E-state index is 11.6. The Morgan fingerprint density at radius 1 is 1.25 bits per heavy atom. The first kappa shape index (κ1) is 18.4. The maximum absolute atomic E-state index is 11.6. The Kier molecular flexibility index (Phi) is 4.15. The van der Waals surface area contributed by atoms with E-state index in [0.29, 0.717) is 23.9 Å². The normalized spacial score (nSPS) is 25.0. The molecule has 10 heteroatoms. The molecule has 0 aliphatic heterocycles. The minimum Gasteiger partial charge on any atom is -0.478 e. The number of aromatic nitrogens is 3. The van der Waals surface area contributed by atoms with E-state index in [0.717, 1.165) is 25.5 Å². The molecule has 2 heterocycles. The monoisotopic (exact) mass is 401 g/mol. The summed E-state index contributed by atoms with van der Waals surface area (Å²) in [5.41, 5.74) is 1.06. The molecule has 3 saturated carbocycles. The van der Waals surface area contributed by atoms with Crippen molar-refractivity contribution in [1.82, 2.24) is 15.2 Å². The van der Waals surface area contributed by atoms with Gasteiger partial charge in [0.15, 0.2) is 0 Å². The largest absolute Gasteiger partial charge is 0.478 e. The molecule has 2 aromatic rings. The Hall–Kier alpha value is -2.93. The van der Waals surface area contributed by atoms with E-state index in [4.69, 9.17) is 14.7 Å². The third-order valence-corrected chi connectivity index (χ3v) is 5.73. The molecule has 2 bridgehead atoms. The standard InChI is InChI=1S/C18H19N5O4S/c1-26-16-14(23-28(2,24)25)6-13(21-22-16)12-4-3-5-15(20-12)27-11-18-7-17(8-18,9-18)10-19/h3-6H,7-9,11H2,1-2H3,(H,21,23). The Morgan fingerprint density at radius 3 is 2.64 bits per heavy atom. The molecule has 9 nitrogen and oxygen atoms in total. The van der Waals surface area contributed by atoms with Crippen LogP contribution in [0.5, 0.6) is 11.8 Å². The Balaban J connectivity index is 1.51. The first-order chi connectivity index (χ1) is 13.3. The molecule has 0 radical (unpaired) electrons. The molecular weight excluding hydrogens is 382 g/mol. The molecule has 0 spiro atoms. The van der Waals surface area contributed by atoms with E-state index in [2.05, 4.69) is 26.0 Å². The number of hydrogen-bond donors (Lipinski definition) is 1. The van der Waals surface area contributed by atoms with Crippen LogP contribution in [0, 0.1) is 22.2 Å². The summed E-state index contributed by atoms with van der Waals surface area (Å²) in [5.74, 6) is 0.514. The van der Waals surface area contributed by atoms with E-state index < -0.39 is 10.0 Å². The SMILES string of the molecule is COc1nnc(-c2cccc(OCC34CC(C#N)(C3)C4)n2)cc1NS(C)(=O)=O. The van der Waals surface area contributed by atoms with Gasteiger partial charge in [-0.15, -0.1) is 10.2 Å². The van der Waals surface area contributed by atoms with Gasteiger partial charge in [-0.3, -0.25) is 4.72 Å². The van der Waals surface area contributed by atoms with Crippen molar-refractivity contribution in [1.29, 1.82) is 5.26 Å². The van der Waals surface area contributed by atoms with Crippen LogP contribution < -0.4 is 14.2 Å². The lowest BCUT2D eigenvalue weighted by Gasteiger charge is -2.66. The van der Waals surface area contributed by atoms with Gasteiger partial charge in [-0.1, -0.05) is 6.07 Å². The summed E-state index contributed by atoms with van der Waals surface area (Å²) in [6.07, 6.45) is 3.71. The van der Waals surface area contributed by atoms with Crippen LogP contribution in [-0.4, -0.2) is 43.6 Å². The molecule has 2 aromatic heterocycles. The molecule has 0 unspecified atom stereocenters. The fourth-order valence-electron chi connectivity index (χ4n) is 4.06. The van der Waals surface area contributed by atoms with E-state index in [-0.39, 0.29) is 22.4 Å².